The van der Waals surface area contributed by atoms with Gasteiger partial charge in [-0.3, -0.25) is 9.59 Å². The molecule has 1 aromatic carbocycles. The minimum Gasteiger partial charge on any atom is -0.494 e. The molecule has 21 heavy (non-hydrogen) atoms. The maximum Gasteiger partial charge on any atom is 0.251 e. The van der Waals surface area contributed by atoms with E-state index >= 15 is 0 Å². The zero-order valence-electron chi connectivity index (χ0n) is 13.2. The first-order chi connectivity index (χ1) is 9.84. The highest BCUT2D eigenvalue weighted by molar-refractivity contribution is 5.94. The molecule has 0 spiro atoms. The van der Waals surface area contributed by atoms with Gasteiger partial charge in [0.2, 0.25) is 5.91 Å². The Balaban J connectivity index is 2.35. The quantitative estimate of drug-likeness (QED) is 0.788. The smallest absolute Gasteiger partial charge is 0.251 e. The minimum absolute atomic E-state index is 0.0298. The van der Waals surface area contributed by atoms with Gasteiger partial charge in [0.25, 0.3) is 5.91 Å². The van der Waals surface area contributed by atoms with Crippen LogP contribution in [0.3, 0.4) is 0 Å². The summed E-state index contributed by atoms with van der Waals surface area (Å²) in [6.07, 6.45) is 0. The van der Waals surface area contributed by atoms with E-state index in [9.17, 15) is 9.59 Å². The maximum absolute atomic E-state index is 11.9. The Bertz CT molecular complexity index is 475. The highest BCUT2D eigenvalue weighted by Gasteiger charge is 2.20. The topological polar surface area (TPSA) is 67.4 Å². The average Bonchev–Trinajstić information content (AvgIpc) is 2.43. The van der Waals surface area contributed by atoms with Gasteiger partial charge in [0.1, 0.15) is 5.75 Å². The molecule has 2 amide bonds. The molecule has 0 aliphatic carbocycles. The number of nitrogens with one attached hydrogen (secondary N) is 2. The number of carbonyl (C=O) groups excluding carboxylic acids is 2. The summed E-state index contributed by atoms with van der Waals surface area (Å²) < 4.78 is 5.32. The molecule has 5 heteroatoms. The third kappa shape index (κ3) is 5.85. The van der Waals surface area contributed by atoms with Gasteiger partial charge in [-0.05, 0) is 31.2 Å². The lowest BCUT2D eigenvalue weighted by atomic mass is 9.96. The van der Waals surface area contributed by atoms with Crippen LogP contribution in [-0.2, 0) is 4.79 Å². The number of hydrogen-bond donors (Lipinski definition) is 2. The molecule has 5 nitrogen and oxygen atoms in total. The van der Waals surface area contributed by atoms with E-state index in [4.69, 9.17) is 4.74 Å². The van der Waals surface area contributed by atoms with Crippen molar-refractivity contribution in [1.82, 2.24) is 10.6 Å². The van der Waals surface area contributed by atoms with Gasteiger partial charge in [-0.1, -0.05) is 20.8 Å². The SMILES string of the molecule is CCOc1ccc(C(=O)NCCNC(=O)C(C)(C)C)cc1. The standard InChI is InChI=1S/C16H24N2O3/c1-5-21-13-8-6-12(7-9-13)14(19)17-10-11-18-15(20)16(2,3)4/h6-9H,5,10-11H2,1-4H3,(H,17,19)(H,18,20). The van der Waals surface area contributed by atoms with Crippen LogP contribution in [0.15, 0.2) is 24.3 Å². The van der Waals surface area contributed by atoms with Crippen molar-refractivity contribution in [3.05, 3.63) is 29.8 Å². The van der Waals surface area contributed by atoms with Crippen molar-refractivity contribution in [3.8, 4) is 5.75 Å². The van der Waals surface area contributed by atoms with Crippen molar-refractivity contribution >= 4 is 11.8 Å². The fraction of sp³-hybridized carbons (Fsp3) is 0.500. The molecule has 0 unspecified atom stereocenters. The molecule has 0 aromatic heterocycles. The Morgan fingerprint density at radius 2 is 1.62 bits per heavy atom. The number of rotatable bonds is 6. The van der Waals surface area contributed by atoms with Crippen LogP contribution in [0, 0.1) is 5.41 Å². The second-order valence-electron chi connectivity index (χ2n) is 5.72. The summed E-state index contributed by atoms with van der Waals surface area (Å²) in [4.78, 5) is 23.5. The lowest BCUT2D eigenvalue weighted by molar-refractivity contribution is -0.128. The van der Waals surface area contributed by atoms with Crippen molar-refractivity contribution < 1.29 is 14.3 Å². The van der Waals surface area contributed by atoms with Crippen molar-refractivity contribution in [2.24, 2.45) is 5.41 Å². The Kier molecular flexibility index (Phi) is 6.21. The van der Waals surface area contributed by atoms with Crippen LogP contribution in [0.2, 0.25) is 0 Å². The van der Waals surface area contributed by atoms with Crippen LogP contribution in [0.4, 0.5) is 0 Å². The van der Waals surface area contributed by atoms with Crippen LogP contribution in [0.5, 0.6) is 5.75 Å². The zero-order chi connectivity index (χ0) is 15.9. The number of hydrogen-bond acceptors (Lipinski definition) is 3. The molecule has 0 atom stereocenters. The Labute approximate surface area is 126 Å². The predicted molar refractivity (Wildman–Crippen MR) is 82.4 cm³/mol. The van der Waals surface area contributed by atoms with Crippen LogP contribution < -0.4 is 15.4 Å². The summed E-state index contributed by atoms with van der Waals surface area (Å²) in [6, 6.07) is 6.96. The molecule has 116 valence electrons. The van der Waals surface area contributed by atoms with Gasteiger partial charge >= 0.3 is 0 Å². The molecular weight excluding hydrogens is 268 g/mol. The molecule has 0 bridgehead atoms. The largest absolute Gasteiger partial charge is 0.494 e. The van der Waals surface area contributed by atoms with E-state index in [-0.39, 0.29) is 11.8 Å². The van der Waals surface area contributed by atoms with Crippen molar-refractivity contribution in [1.29, 1.82) is 0 Å². The lowest BCUT2D eigenvalue weighted by Crippen LogP contribution is -2.39. The van der Waals surface area contributed by atoms with Gasteiger partial charge in [-0.15, -0.1) is 0 Å². The number of amides is 2. The van der Waals surface area contributed by atoms with E-state index < -0.39 is 5.41 Å². The fourth-order valence-electron chi connectivity index (χ4n) is 1.59. The van der Waals surface area contributed by atoms with E-state index in [2.05, 4.69) is 10.6 Å². The van der Waals surface area contributed by atoms with Crippen molar-refractivity contribution in [2.75, 3.05) is 19.7 Å². The average molecular weight is 292 g/mol. The summed E-state index contributed by atoms with van der Waals surface area (Å²) in [5.41, 5.74) is 0.152. The summed E-state index contributed by atoms with van der Waals surface area (Å²) in [6.45, 7) is 8.86. The molecule has 1 rings (SSSR count). The van der Waals surface area contributed by atoms with Gasteiger partial charge in [0, 0.05) is 24.1 Å². The Morgan fingerprint density at radius 1 is 1.05 bits per heavy atom. The number of carbonyl (C=O) groups is 2. The molecule has 0 heterocycles. The lowest BCUT2D eigenvalue weighted by Gasteiger charge is -2.17. The number of benzene rings is 1. The molecule has 0 aliphatic rings. The second-order valence-corrected chi connectivity index (χ2v) is 5.72. The monoisotopic (exact) mass is 292 g/mol. The van der Waals surface area contributed by atoms with Gasteiger partial charge < -0.3 is 15.4 Å². The van der Waals surface area contributed by atoms with Crippen LogP contribution >= 0.6 is 0 Å². The van der Waals surface area contributed by atoms with Gasteiger partial charge in [-0.2, -0.15) is 0 Å². The molecule has 0 aliphatic heterocycles. The van der Waals surface area contributed by atoms with Crippen LogP contribution in [-0.4, -0.2) is 31.5 Å². The molecule has 0 saturated carbocycles. The molecule has 0 fully saturated rings. The van der Waals surface area contributed by atoms with E-state index in [1.807, 2.05) is 27.7 Å². The van der Waals surface area contributed by atoms with E-state index in [0.29, 0.717) is 25.3 Å². The minimum atomic E-state index is -0.418. The molecule has 0 radical (unpaired) electrons. The van der Waals surface area contributed by atoms with Crippen molar-refractivity contribution in [3.63, 3.8) is 0 Å². The van der Waals surface area contributed by atoms with Crippen molar-refractivity contribution in [2.45, 2.75) is 27.7 Å². The van der Waals surface area contributed by atoms with Crippen LogP contribution in [0.25, 0.3) is 0 Å². The Hall–Kier alpha value is -2.04. The van der Waals surface area contributed by atoms with Gasteiger partial charge in [0.05, 0.1) is 6.61 Å². The van der Waals surface area contributed by atoms with Crippen LogP contribution in [0.1, 0.15) is 38.1 Å². The third-order valence-electron chi connectivity index (χ3n) is 2.80. The first-order valence-corrected chi connectivity index (χ1v) is 7.14. The summed E-state index contributed by atoms with van der Waals surface area (Å²) in [7, 11) is 0. The summed E-state index contributed by atoms with van der Waals surface area (Å²) in [5.74, 6) is 0.548. The third-order valence-corrected chi connectivity index (χ3v) is 2.80. The fourth-order valence-corrected chi connectivity index (χ4v) is 1.59. The molecule has 0 saturated heterocycles. The van der Waals surface area contributed by atoms with E-state index in [1.54, 1.807) is 24.3 Å². The first kappa shape index (κ1) is 17.0. The first-order valence-electron chi connectivity index (χ1n) is 7.14. The molecule has 2 N–H and O–H groups in total. The normalized spacial score (nSPS) is 10.9. The highest BCUT2D eigenvalue weighted by Crippen LogP contribution is 2.12. The highest BCUT2D eigenvalue weighted by atomic mass is 16.5. The summed E-state index contributed by atoms with van der Waals surface area (Å²) in [5, 5.41) is 5.54. The van der Waals surface area contributed by atoms with Gasteiger partial charge in [-0.25, -0.2) is 0 Å². The molecule has 1 aromatic rings. The predicted octanol–water partition coefficient (Wildman–Crippen LogP) is 1.98. The molecular formula is C16H24N2O3. The van der Waals surface area contributed by atoms with Gasteiger partial charge in [0.15, 0.2) is 0 Å². The summed E-state index contributed by atoms with van der Waals surface area (Å²) >= 11 is 0. The zero-order valence-corrected chi connectivity index (χ0v) is 13.2. The van der Waals surface area contributed by atoms with E-state index in [1.165, 1.54) is 0 Å². The second kappa shape index (κ2) is 7.67. The number of ether oxygens (including phenoxy) is 1. The van der Waals surface area contributed by atoms with E-state index in [0.717, 1.165) is 5.75 Å². The maximum atomic E-state index is 11.9. The Morgan fingerprint density at radius 3 is 2.14 bits per heavy atom.